The van der Waals surface area contributed by atoms with Crippen molar-refractivity contribution in [3.63, 3.8) is 0 Å². The van der Waals surface area contributed by atoms with E-state index in [9.17, 15) is 0 Å². The molecular formula is C9H17NO. The lowest BCUT2D eigenvalue weighted by atomic mass is 9.85. The van der Waals surface area contributed by atoms with E-state index < -0.39 is 0 Å². The number of hydrogen-bond acceptors (Lipinski definition) is 2. The normalized spacial score (nSPS) is 43.9. The maximum atomic E-state index is 5.37. The first-order valence-electron chi connectivity index (χ1n) is 4.58. The fourth-order valence-electron chi connectivity index (χ4n) is 2.54. The van der Waals surface area contributed by atoms with Crippen LogP contribution in [-0.2, 0) is 4.74 Å². The smallest absolute Gasteiger partial charge is 0.0577 e. The zero-order chi connectivity index (χ0) is 7.73. The zero-order valence-corrected chi connectivity index (χ0v) is 7.23. The molecule has 2 heteroatoms. The maximum absolute atomic E-state index is 5.37. The van der Waals surface area contributed by atoms with Gasteiger partial charge in [-0.1, -0.05) is 0 Å². The highest BCUT2D eigenvalue weighted by Crippen LogP contribution is 2.43. The van der Waals surface area contributed by atoms with Crippen LogP contribution in [0, 0.1) is 5.41 Å². The number of methoxy groups -OCH3 is 1. The Balaban J connectivity index is 1.96. The van der Waals surface area contributed by atoms with Gasteiger partial charge in [0, 0.05) is 13.7 Å². The van der Waals surface area contributed by atoms with Gasteiger partial charge in [-0.3, -0.25) is 0 Å². The second-order valence-electron chi connectivity index (χ2n) is 4.03. The van der Waals surface area contributed by atoms with Crippen LogP contribution < -0.4 is 5.32 Å². The molecule has 2 atom stereocenters. The van der Waals surface area contributed by atoms with Gasteiger partial charge in [-0.2, -0.15) is 0 Å². The number of rotatable bonds is 1. The number of nitrogens with one attached hydrogen (secondary N) is 1. The third kappa shape index (κ3) is 1.30. The fraction of sp³-hybridized carbons (Fsp3) is 1.00. The molecule has 0 aromatic carbocycles. The summed E-state index contributed by atoms with van der Waals surface area (Å²) >= 11 is 0. The lowest BCUT2D eigenvalue weighted by molar-refractivity contribution is 0.0975. The number of ether oxygens (including phenoxy) is 1. The molecule has 11 heavy (non-hydrogen) atoms. The summed E-state index contributed by atoms with van der Waals surface area (Å²) < 4.78 is 5.37. The summed E-state index contributed by atoms with van der Waals surface area (Å²) in [6.45, 7) is 2.45. The molecule has 1 heterocycles. The molecule has 0 amide bonds. The van der Waals surface area contributed by atoms with E-state index in [1.807, 2.05) is 7.11 Å². The quantitative estimate of drug-likeness (QED) is 0.613. The SMILES string of the molecule is COC1CCC2(CCNC2)C1. The Hall–Kier alpha value is -0.0800. The van der Waals surface area contributed by atoms with E-state index in [1.165, 1.54) is 38.8 Å². The molecule has 1 aliphatic heterocycles. The Kier molecular flexibility index (Phi) is 1.90. The van der Waals surface area contributed by atoms with Gasteiger partial charge in [0.2, 0.25) is 0 Å². The lowest BCUT2D eigenvalue weighted by Crippen LogP contribution is -2.21. The number of hydrogen-bond donors (Lipinski definition) is 1. The van der Waals surface area contributed by atoms with Crippen LogP contribution in [0.25, 0.3) is 0 Å². The molecule has 1 spiro atoms. The Morgan fingerprint density at radius 3 is 2.91 bits per heavy atom. The van der Waals surface area contributed by atoms with E-state index in [0.29, 0.717) is 11.5 Å². The molecule has 1 saturated heterocycles. The minimum atomic E-state index is 0.551. The summed E-state index contributed by atoms with van der Waals surface area (Å²) in [7, 11) is 1.84. The summed E-state index contributed by atoms with van der Waals surface area (Å²) in [5, 5.41) is 3.44. The van der Waals surface area contributed by atoms with Gasteiger partial charge in [-0.25, -0.2) is 0 Å². The molecule has 2 rings (SSSR count). The predicted molar refractivity (Wildman–Crippen MR) is 44.6 cm³/mol. The van der Waals surface area contributed by atoms with Gasteiger partial charge in [-0.05, 0) is 37.6 Å². The van der Waals surface area contributed by atoms with Gasteiger partial charge in [0.15, 0.2) is 0 Å². The molecule has 64 valence electrons. The first-order valence-corrected chi connectivity index (χ1v) is 4.58. The van der Waals surface area contributed by atoms with E-state index in [2.05, 4.69) is 5.32 Å². The summed E-state index contributed by atoms with van der Waals surface area (Å²) in [4.78, 5) is 0. The van der Waals surface area contributed by atoms with Crippen LogP contribution >= 0.6 is 0 Å². The molecule has 2 unspecified atom stereocenters. The predicted octanol–water partition coefficient (Wildman–Crippen LogP) is 1.17. The Labute approximate surface area is 68.3 Å². The molecule has 0 aromatic rings. The highest BCUT2D eigenvalue weighted by atomic mass is 16.5. The highest BCUT2D eigenvalue weighted by molar-refractivity contribution is 4.95. The van der Waals surface area contributed by atoms with E-state index in [-0.39, 0.29) is 0 Å². The molecule has 2 fully saturated rings. The van der Waals surface area contributed by atoms with Crippen molar-refractivity contribution in [2.45, 2.75) is 31.8 Å². The van der Waals surface area contributed by atoms with E-state index >= 15 is 0 Å². The average molecular weight is 155 g/mol. The third-order valence-corrected chi connectivity index (χ3v) is 3.32. The van der Waals surface area contributed by atoms with Gasteiger partial charge in [0.1, 0.15) is 0 Å². The van der Waals surface area contributed by atoms with Gasteiger partial charge in [-0.15, -0.1) is 0 Å². The van der Waals surface area contributed by atoms with Crippen molar-refractivity contribution in [3.8, 4) is 0 Å². The van der Waals surface area contributed by atoms with Crippen molar-refractivity contribution in [2.75, 3.05) is 20.2 Å². The molecule has 1 aliphatic carbocycles. The standard InChI is InChI=1S/C9H17NO/c1-11-8-2-3-9(6-8)4-5-10-7-9/h8,10H,2-7H2,1H3. The van der Waals surface area contributed by atoms with Gasteiger partial charge >= 0.3 is 0 Å². The summed E-state index contributed by atoms with van der Waals surface area (Å²) in [6.07, 6.45) is 5.86. The molecule has 0 bridgehead atoms. The van der Waals surface area contributed by atoms with Gasteiger partial charge < -0.3 is 10.1 Å². The second-order valence-corrected chi connectivity index (χ2v) is 4.03. The van der Waals surface area contributed by atoms with Gasteiger partial charge in [0.05, 0.1) is 6.10 Å². The average Bonchev–Trinajstić information content (AvgIpc) is 2.62. The van der Waals surface area contributed by atoms with Crippen molar-refractivity contribution < 1.29 is 4.74 Å². The van der Waals surface area contributed by atoms with E-state index in [0.717, 1.165) is 0 Å². The molecule has 2 nitrogen and oxygen atoms in total. The monoisotopic (exact) mass is 155 g/mol. The van der Waals surface area contributed by atoms with Crippen LogP contribution in [0.2, 0.25) is 0 Å². The van der Waals surface area contributed by atoms with Crippen LogP contribution in [0.3, 0.4) is 0 Å². The largest absolute Gasteiger partial charge is 0.381 e. The zero-order valence-electron chi connectivity index (χ0n) is 7.23. The van der Waals surface area contributed by atoms with Crippen LogP contribution in [0.4, 0.5) is 0 Å². The van der Waals surface area contributed by atoms with Crippen LogP contribution in [0.5, 0.6) is 0 Å². The molecule has 1 N–H and O–H groups in total. The first kappa shape index (κ1) is 7.56. The molecule has 0 aromatic heterocycles. The van der Waals surface area contributed by atoms with Crippen LogP contribution in [0.15, 0.2) is 0 Å². The third-order valence-electron chi connectivity index (χ3n) is 3.32. The maximum Gasteiger partial charge on any atom is 0.0577 e. The van der Waals surface area contributed by atoms with E-state index in [4.69, 9.17) is 4.74 Å². The van der Waals surface area contributed by atoms with Crippen molar-refractivity contribution >= 4 is 0 Å². The Morgan fingerprint density at radius 1 is 1.45 bits per heavy atom. The van der Waals surface area contributed by atoms with Crippen LogP contribution in [0.1, 0.15) is 25.7 Å². The lowest BCUT2D eigenvalue weighted by Gasteiger charge is -2.20. The molecule has 0 radical (unpaired) electrons. The van der Waals surface area contributed by atoms with Crippen LogP contribution in [-0.4, -0.2) is 26.3 Å². The minimum Gasteiger partial charge on any atom is -0.381 e. The minimum absolute atomic E-state index is 0.551. The summed E-state index contributed by atoms with van der Waals surface area (Å²) in [5.74, 6) is 0. The first-order chi connectivity index (χ1) is 5.35. The Morgan fingerprint density at radius 2 is 2.36 bits per heavy atom. The summed E-state index contributed by atoms with van der Waals surface area (Å²) in [5.41, 5.74) is 0.626. The van der Waals surface area contributed by atoms with Crippen molar-refractivity contribution in [1.29, 1.82) is 0 Å². The topological polar surface area (TPSA) is 21.3 Å². The van der Waals surface area contributed by atoms with Crippen molar-refractivity contribution in [1.82, 2.24) is 5.32 Å². The molecule has 1 saturated carbocycles. The van der Waals surface area contributed by atoms with Crippen molar-refractivity contribution in [2.24, 2.45) is 5.41 Å². The van der Waals surface area contributed by atoms with Crippen molar-refractivity contribution in [3.05, 3.63) is 0 Å². The Bertz CT molecular complexity index is 140. The highest BCUT2D eigenvalue weighted by Gasteiger charge is 2.40. The fourth-order valence-corrected chi connectivity index (χ4v) is 2.54. The molecule has 2 aliphatic rings. The van der Waals surface area contributed by atoms with E-state index in [1.54, 1.807) is 0 Å². The molecular weight excluding hydrogens is 138 g/mol. The summed E-state index contributed by atoms with van der Waals surface area (Å²) in [6, 6.07) is 0. The van der Waals surface area contributed by atoms with Gasteiger partial charge in [0.25, 0.3) is 0 Å². The second kappa shape index (κ2) is 2.76.